The van der Waals surface area contributed by atoms with Crippen LogP contribution >= 0.6 is 0 Å². The Labute approximate surface area is 106 Å². The van der Waals surface area contributed by atoms with E-state index < -0.39 is 0 Å². The first-order valence-corrected chi connectivity index (χ1v) is 6.41. The Morgan fingerprint density at radius 1 is 1.39 bits per heavy atom. The number of nitrogens with zero attached hydrogens (tertiary/aromatic N) is 1. The molecule has 0 atom stereocenters. The predicted molar refractivity (Wildman–Crippen MR) is 68.2 cm³/mol. The van der Waals surface area contributed by atoms with Crippen LogP contribution < -0.4 is 10.2 Å². The Bertz CT molecular complexity index is 495. The van der Waals surface area contributed by atoms with Crippen molar-refractivity contribution >= 4 is 11.6 Å². The van der Waals surface area contributed by atoms with Gasteiger partial charge in [-0.2, -0.15) is 0 Å². The monoisotopic (exact) mass is 248 g/mol. The summed E-state index contributed by atoms with van der Waals surface area (Å²) in [5, 5.41) is 3.33. The van der Waals surface area contributed by atoms with Crippen LogP contribution in [0.2, 0.25) is 0 Å². The molecule has 3 rings (SSSR count). The van der Waals surface area contributed by atoms with E-state index in [1.165, 1.54) is 6.07 Å². The molecule has 1 spiro atoms. The van der Waals surface area contributed by atoms with E-state index in [1.54, 1.807) is 24.0 Å². The van der Waals surface area contributed by atoms with Gasteiger partial charge in [0.05, 0.1) is 0 Å². The average molecular weight is 248 g/mol. The van der Waals surface area contributed by atoms with Gasteiger partial charge in [-0.1, -0.05) is 0 Å². The normalized spacial score (nSPS) is 21.1. The van der Waals surface area contributed by atoms with E-state index in [0.29, 0.717) is 6.54 Å². The Morgan fingerprint density at radius 3 is 2.78 bits per heavy atom. The zero-order valence-corrected chi connectivity index (χ0v) is 10.5. The van der Waals surface area contributed by atoms with Gasteiger partial charge in [0, 0.05) is 24.6 Å². The van der Waals surface area contributed by atoms with Gasteiger partial charge in [-0.15, -0.1) is 0 Å². The van der Waals surface area contributed by atoms with Crippen molar-refractivity contribution in [2.24, 2.45) is 0 Å². The maximum atomic E-state index is 13.5. The van der Waals surface area contributed by atoms with Crippen molar-refractivity contribution in [3.63, 3.8) is 0 Å². The second kappa shape index (κ2) is 4.05. The van der Waals surface area contributed by atoms with E-state index in [9.17, 15) is 9.18 Å². The molecular weight excluding hydrogens is 231 g/mol. The summed E-state index contributed by atoms with van der Waals surface area (Å²) >= 11 is 0. The van der Waals surface area contributed by atoms with E-state index in [2.05, 4.69) is 5.32 Å². The number of hydrogen-bond acceptors (Lipinski definition) is 2. The molecule has 1 saturated heterocycles. The van der Waals surface area contributed by atoms with Crippen LogP contribution in [0.25, 0.3) is 0 Å². The lowest BCUT2D eigenvalue weighted by atomic mass is 9.75. The minimum Gasteiger partial charge on any atom is -0.317 e. The molecule has 0 saturated carbocycles. The number of fused-ring (bicyclic) bond motifs is 2. The molecular formula is C14H17FN2O. The van der Waals surface area contributed by atoms with Gasteiger partial charge in [-0.25, -0.2) is 4.39 Å². The average Bonchev–Trinajstić information content (AvgIpc) is 2.65. The van der Waals surface area contributed by atoms with E-state index >= 15 is 0 Å². The summed E-state index contributed by atoms with van der Waals surface area (Å²) in [6.07, 6.45) is 1.93. The van der Waals surface area contributed by atoms with Crippen LogP contribution in [0.5, 0.6) is 0 Å². The van der Waals surface area contributed by atoms with Crippen LogP contribution in [0, 0.1) is 5.82 Å². The lowest BCUT2D eigenvalue weighted by Crippen LogP contribution is -2.43. The van der Waals surface area contributed by atoms with Crippen molar-refractivity contribution in [1.29, 1.82) is 0 Å². The van der Waals surface area contributed by atoms with Crippen molar-refractivity contribution in [3.8, 4) is 0 Å². The number of amides is 1. The van der Waals surface area contributed by atoms with Crippen molar-refractivity contribution < 1.29 is 9.18 Å². The summed E-state index contributed by atoms with van der Waals surface area (Å²) < 4.78 is 13.5. The third kappa shape index (κ3) is 1.63. The number of nitrogens with one attached hydrogen (secondary N) is 1. The number of anilines is 1. The van der Waals surface area contributed by atoms with Gasteiger partial charge in [0.15, 0.2) is 0 Å². The Hall–Kier alpha value is -1.42. The summed E-state index contributed by atoms with van der Waals surface area (Å²) in [5.74, 6) is -0.171. The maximum Gasteiger partial charge on any atom is 0.223 e. The fourth-order valence-electron chi connectivity index (χ4n) is 3.26. The molecule has 1 aromatic carbocycles. The summed E-state index contributed by atoms with van der Waals surface area (Å²) in [6.45, 7) is 4.14. The van der Waals surface area contributed by atoms with E-state index in [1.807, 2.05) is 0 Å². The van der Waals surface area contributed by atoms with Crippen LogP contribution in [0.3, 0.4) is 0 Å². The maximum absolute atomic E-state index is 13.5. The van der Waals surface area contributed by atoms with Crippen LogP contribution in [-0.4, -0.2) is 25.5 Å². The van der Waals surface area contributed by atoms with E-state index in [4.69, 9.17) is 0 Å². The Balaban J connectivity index is 2.10. The van der Waals surface area contributed by atoms with Crippen LogP contribution in [0.15, 0.2) is 18.2 Å². The molecule has 1 fully saturated rings. The largest absolute Gasteiger partial charge is 0.317 e. The number of rotatable bonds is 0. The second-order valence-corrected chi connectivity index (χ2v) is 5.30. The van der Waals surface area contributed by atoms with Crippen LogP contribution in [-0.2, 0) is 10.2 Å². The molecule has 0 bridgehead atoms. The summed E-state index contributed by atoms with van der Waals surface area (Å²) in [4.78, 5) is 13.5. The van der Waals surface area contributed by atoms with Crippen LogP contribution in [0.1, 0.15) is 25.3 Å². The molecule has 2 aliphatic heterocycles. The van der Waals surface area contributed by atoms with Gasteiger partial charge in [0.25, 0.3) is 0 Å². The molecule has 2 aliphatic rings. The SMILES string of the molecule is CC(=O)N1CC2(CCNCC2)c2cc(F)ccc21. The molecule has 18 heavy (non-hydrogen) atoms. The number of carbonyl (C=O) groups is 1. The molecule has 1 amide bonds. The molecule has 96 valence electrons. The highest BCUT2D eigenvalue weighted by Gasteiger charge is 2.44. The molecule has 3 nitrogen and oxygen atoms in total. The smallest absolute Gasteiger partial charge is 0.223 e. The highest BCUT2D eigenvalue weighted by atomic mass is 19.1. The summed E-state index contributed by atoms with van der Waals surface area (Å²) in [6, 6.07) is 4.79. The standard InChI is InChI=1S/C14H17FN2O/c1-10(18)17-9-14(4-6-16-7-5-14)12-8-11(15)2-3-13(12)17/h2-3,8,16H,4-7,9H2,1H3. The van der Waals surface area contributed by atoms with Crippen molar-refractivity contribution in [1.82, 2.24) is 5.32 Å². The third-order valence-corrected chi connectivity index (χ3v) is 4.22. The zero-order chi connectivity index (χ0) is 12.8. The Morgan fingerprint density at radius 2 is 2.11 bits per heavy atom. The third-order valence-electron chi connectivity index (χ3n) is 4.22. The second-order valence-electron chi connectivity index (χ2n) is 5.30. The minimum atomic E-state index is -0.211. The molecule has 0 aliphatic carbocycles. The number of benzene rings is 1. The summed E-state index contributed by atoms with van der Waals surface area (Å²) in [5.41, 5.74) is 1.86. The van der Waals surface area contributed by atoms with E-state index in [0.717, 1.165) is 37.2 Å². The van der Waals surface area contributed by atoms with Crippen molar-refractivity contribution in [2.75, 3.05) is 24.5 Å². The first-order valence-electron chi connectivity index (χ1n) is 6.41. The number of piperidine rings is 1. The molecule has 1 N–H and O–H groups in total. The molecule has 0 aromatic heterocycles. The molecule has 0 radical (unpaired) electrons. The number of carbonyl (C=O) groups excluding carboxylic acids is 1. The molecule has 0 unspecified atom stereocenters. The molecule has 4 heteroatoms. The molecule has 1 aromatic rings. The number of hydrogen-bond donors (Lipinski definition) is 1. The van der Waals surface area contributed by atoms with Crippen LogP contribution in [0.4, 0.5) is 10.1 Å². The first kappa shape index (κ1) is 11.7. The molecule has 2 heterocycles. The van der Waals surface area contributed by atoms with E-state index in [-0.39, 0.29) is 17.1 Å². The topological polar surface area (TPSA) is 32.3 Å². The fraction of sp³-hybridized carbons (Fsp3) is 0.500. The quantitative estimate of drug-likeness (QED) is 0.759. The van der Waals surface area contributed by atoms with Crippen molar-refractivity contribution in [3.05, 3.63) is 29.6 Å². The number of halogens is 1. The van der Waals surface area contributed by atoms with Gasteiger partial charge in [0.1, 0.15) is 5.82 Å². The summed E-state index contributed by atoms with van der Waals surface area (Å²) in [7, 11) is 0. The lowest BCUT2D eigenvalue weighted by molar-refractivity contribution is -0.116. The fourth-order valence-corrected chi connectivity index (χ4v) is 3.26. The van der Waals surface area contributed by atoms with Gasteiger partial charge in [0.2, 0.25) is 5.91 Å². The highest BCUT2D eigenvalue weighted by molar-refractivity contribution is 5.94. The Kier molecular flexibility index (Phi) is 2.63. The first-order chi connectivity index (χ1) is 8.62. The lowest BCUT2D eigenvalue weighted by Gasteiger charge is -2.34. The van der Waals surface area contributed by atoms with Gasteiger partial charge in [-0.05, 0) is 49.7 Å². The van der Waals surface area contributed by atoms with Gasteiger partial charge >= 0.3 is 0 Å². The highest BCUT2D eigenvalue weighted by Crippen LogP contribution is 2.46. The van der Waals surface area contributed by atoms with Gasteiger partial charge in [-0.3, -0.25) is 4.79 Å². The predicted octanol–water partition coefficient (Wildman–Crippen LogP) is 1.81. The van der Waals surface area contributed by atoms with Gasteiger partial charge < -0.3 is 10.2 Å². The zero-order valence-electron chi connectivity index (χ0n) is 10.5. The van der Waals surface area contributed by atoms with Crippen molar-refractivity contribution in [2.45, 2.75) is 25.2 Å². The minimum absolute atomic E-state index is 0.0401.